The first-order valence-corrected chi connectivity index (χ1v) is 8.22. The minimum atomic E-state index is -0.411. The number of hydrogen-bond donors (Lipinski definition) is 0. The maximum absolute atomic E-state index is 13.0. The molecule has 0 N–H and O–H groups in total. The van der Waals surface area contributed by atoms with E-state index in [2.05, 4.69) is 0 Å². The van der Waals surface area contributed by atoms with Crippen LogP contribution in [0.4, 0.5) is 5.69 Å². The second kappa shape index (κ2) is 5.76. The average Bonchev–Trinajstić information content (AvgIpc) is 2.62. The lowest BCUT2D eigenvalue weighted by Crippen LogP contribution is -2.40. The number of carbonyl (C=O) groups excluding carboxylic acids is 2. The van der Waals surface area contributed by atoms with Crippen molar-refractivity contribution in [3.63, 3.8) is 0 Å². The molecule has 1 aliphatic rings. The third-order valence-electron chi connectivity index (χ3n) is 4.26. The van der Waals surface area contributed by atoms with Gasteiger partial charge in [-0.05, 0) is 48.5 Å². The van der Waals surface area contributed by atoms with Crippen molar-refractivity contribution in [2.45, 2.75) is 0 Å². The van der Waals surface area contributed by atoms with Crippen LogP contribution in [0.5, 0.6) is 5.75 Å². The number of rotatable bonds is 2. The van der Waals surface area contributed by atoms with Crippen LogP contribution in [-0.2, 0) is 0 Å². The highest BCUT2D eigenvalue weighted by Gasteiger charge is 2.34. The molecule has 0 spiro atoms. The Morgan fingerprint density at radius 2 is 1.28 bits per heavy atom. The van der Waals surface area contributed by atoms with Gasteiger partial charge in [0.15, 0.2) is 0 Å². The van der Waals surface area contributed by atoms with Gasteiger partial charge >= 0.3 is 0 Å². The van der Waals surface area contributed by atoms with Crippen molar-refractivity contribution in [3.05, 3.63) is 69.7 Å². The van der Waals surface area contributed by atoms with E-state index in [0.29, 0.717) is 43.4 Å². The molecular formula is C19H11Cl2NO3. The maximum Gasteiger partial charge on any atom is 0.265 e. The second-order valence-corrected chi connectivity index (χ2v) is 6.40. The first-order valence-electron chi connectivity index (χ1n) is 7.46. The topological polar surface area (TPSA) is 46.6 Å². The molecular weight excluding hydrogens is 361 g/mol. The number of halogens is 2. The van der Waals surface area contributed by atoms with E-state index in [-0.39, 0.29) is 0 Å². The molecule has 0 aromatic heterocycles. The molecule has 1 heterocycles. The lowest BCUT2D eigenvalue weighted by Gasteiger charge is -2.27. The van der Waals surface area contributed by atoms with Crippen LogP contribution in [0.3, 0.4) is 0 Å². The molecule has 124 valence electrons. The highest BCUT2D eigenvalue weighted by Crippen LogP contribution is 2.39. The predicted molar refractivity (Wildman–Crippen MR) is 98.1 cm³/mol. The van der Waals surface area contributed by atoms with E-state index in [1.54, 1.807) is 55.6 Å². The first kappa shape index (κ1) is 15.9. The number of ether oxygens (including phenoxy) is 1. The normalized spacial score (nSPS) is 13.5. The predicted octanol–water partition coefficient (Wildman–Crippen LogP) is 4.96. The van der Waals surface area contributed by atoms with Gasteiger partial charge in [-0.3, -0.25) is 9.59 Å². The van der Waals surface area contributed by atoms with Crippen LogP contribution in [-0.4, -0.2) is 18.9 Å². The van der Waals surface area contributed by atoms with Gasteiger partial charge in [-0.15, -0.1) is 0 Å². The third kappa shape index (κ3) is 2.29. The fraction of sp³-hybridized carbons (Fsp3) is 0.0526. The molecule has 0 aliphatic carbocycles. The lowest BCUT2D eigenvalue weighted by atomic mass is 9.93. The number of methoxy groups -OCH3 is 1. The van der Waals surface area contributed by atoms with E-state index in [1.807, 2.05) is 0 Å². The molecule has 0 fully saturated rings. The van der Waals surface area contributed by atoms with E-state index in [1.165, 1.54) is 0 Å². The van der Waals surface area contributed by atoms with Crippen LogP contribution in [0.25, 0.3) is 10.8 Å². The highest BCUT2D eigenvalue weighted by molar-refractivity contribution is 6.46. The van der Waals surface area contributed by atoms with E-state index in [9.17, 15) is 9.59 Å². The molecule has 4 nitrogen and oxygen atoms in total. The molecule has 6 heteroatoms. The Balaban J connectivity index is 1.95. The summed E-state index contributed by atoms with van der Waals surface area (Å²) < 4.78 is 5.12. The number of benzene rings is 3. The molecule has 0 unspecified atom stereocenters. The monoisotopic (exact) mass is 371 g/mol. The SMILES string of the molecule is COc1ccc(N2C(=O)c3ccc(Cl)c4c(Cl)ccc(c34)C2=O)cc1. The molecule has 25 heavy (non-hydrogen) atoms. The Morgan fingerprint density at radius 1 is 0.760 bits per heavy atom. The summed E-state index contributed by atoms with van der Waals surface area (Å²) in [7, 11) is 1.55. The molecule has 0 saturated carbocycles. The zero-order valence-electron chi connectivity index (χ0n) is 13.0. The average molecular weight is 372 g/mol. The van der Waals surface area contributed by atoms with Gasteiger partial charge in [-0.25, -0.2) is 4.90 Å². The molecule has 3 aromatic rings. The van der Waals surface area contributed by atoms with Gasteiger partial charge in [0, 0.05) is 31.9 Å². The van der Waals surface area contributed by atoms with Crippen molar-refractivity contribution in [1.82, 2.24) is 0 Å². The lowest BCUT2D eigenvalue weighted by molar-refractivity contribution is 0.0893. The quantitative estimate of drug-likeness (QED) is 0.598. The fourth-order valence-electron chi connectivity index (χ4n) is 3.07. The Bertz CT molecular complexity index is 988. The summed E-state index contributed by atoms with van der Waals surface area (Å²) >= 11 is 12.5. The number of amides is 2. The van der Waals surface area contributed by atoms with Gasteiger partial charge in [-0.2, -0.15) is 0 Å². The van der Waals surface area contributed by atoms with Crippen molar-refractivity contribution in [2.24, 2.45) is 0 Å². The van der Waals surface area contributed by atoms with Crippen LogP contribution >= 0.6 is 23.2 Å². The van der Waals surface area contributed by atoms with Gasteiger partial charge in [0.1, 0.15) is 5.75 Å². The number of hydrogen-bond acceptors (Lipinski definition) is 3. The Labute approximate surface area is 153 Å². The van der Waals surface area contributed by atoms with Crippen LogP contribution in [0.1, 0.15) is 20.7 Å². The van der Waals surface area contributed by atoms with Crippen LogP contribution in [0.15, 0.2) is 48.5 Å². The highest BCUT2D eigenvalue weighted by atomic mass is 35.5. The zero-order valence-corrected chi connectivity index (χ0v) is 14.6. The third-order valence-corrected chi connectivity index (χ3v) is 4.89. The van der Waals surface area contributed by atoms with E-state index < -0.39 is 11.8 Å². The summed E-state index contributed by atoms with van der Waals surface area (Å²) in [5.41, 5.74) is 1.26. The standard InChI is InChI=1S/C19H11Cl2NO3/c1-25-11-4-2-10(3-5-11)22-18(23)12-6-8-14(20)17-15(21)9-7-13(16(12)17)19(22)24/h2-9H,1H3. The number of imide groups is 1. The summed E-state index contributed by atoms with van der Waals surface area (Å²) in [5, 5.41) is 1.84. The van der Waals surface area contributed by atoms with Crippen molar-refractivity contribution < 1.29 is 14.3 Å². The van der Waals surface area contributed by atoms with Crippen molar-refractivity contribution in [2.75, 3.05) is 12.0 Å². The van der Waals surface area contributed by atoms with Gasteiger partial charge < -0.3 is 4.74 Å². The number of anilines is 1. The van der Waals surface area contributed by atoms with Gasteiger partial charge in [-0.1, -0.05) is 23.2 Å². The minimum Gasteiger partial charge on any atom is -0.497 e. The van der Waals surface area contributed by atoms with Gasteiger partial charge in [0.25, 0.3) is 11.8 Å². The zero-order chi connectivity index (χ0) is 17.7. The second-order valence-electron chi connectivity index (χ2n) is 5.58. The van der Waals surface area contributed by atoms with E-state index >= 15 is 0 Å². The summed E-state index contributed by atoms with van der Waals surface area (Å²) in [4.78, 5) is 27.1. The van der Waals surface area contributed by atoms with Crippen LogP contribution < -0.4 is 9.64 Å². The molecule has 3 aromatic carbocycles. The first-order chi connectivity index (χ1) is 12.0. The summed E-state index contributed by atoms with van der Waals surface area (Å²) in [6, 6.07) is 13.2. The van der Waals surface area contributed by atoms with Crippen molar-refractivity contribution in [1.29, 1.82) is 0 Å². The number of nitrogens with zero attached hydrogens (tertiary/aromatic N) is 1. The largest absolute Gasteiger partial charge is 0.497 e. The Kier molecular flexibility index (Phi) is 3.67. The molecule has 0 saturated heterocycles. The molecule has 2 amide bonds. The van der Waals surface area contributed by atoms with Gasteiger partial charge in [0.05, 0.1) is 12.8 Å². The molecule has 0 radical (unpaired) electrons. The summed E-state index contributed by atoms with van der Waals surface area (Å²) in [6.07, 6.45) is 0. The molecule has 0 atom stereocenters. The summed E-state index contributed by atoms with van der Waals surface area (Å²) in [5.74, 6) is -0.181. The number of carbonyl (C=O) groups is 2. The van der Waals surface area contributed by atoms with Gasteiger partial charge in [0.2, 0.25) is 0 Å². The summed E-state index contributed by atoms with van der Waals surface area (Å²) in [6.45, 7) is 0. The molecule has 1 aliphatic heterocycles. The van der Waals surface area contributed by atoms with Crippen molar-refractivity contribution in [3.8, 4) is 5.75 Å². The maximum atomic E-state index is 13.0. The minimum absolute atomic E-state index is 0.396. The van der Waals surface area contributed by atoms with E-state index in [0.717, 1.165) is 4.90 Å². The van der Waals surface area contributed by atoms with Crippen molar-refractivity contribution >= 4 is 51.5 Å². The van der Waals surface area contributed by atoms with Crippen LogP contribution in [0.2, 0.25) is 10.0 Å². The van der Waals surface area contributed by atoms with E-state index in [4.69, 9.17) is 27.9 Å². The Morgan fingerprint density at radius 3 is 1.76 bits per heavy atom. The molecule has 4 rings (SSSR count). The van der Waals surface area contributed by atoms with Crippen LogP contribution in [0, 0.1) is 0 Å². The molecule has 0 bridgehead atoms. The smallest absolute Gasteiger partial charge is 0.265 e. The Hall–Kier alpha value is -2.56. The fourth-order valence-corrected chi connectivity index (χ4v) is 3.64.